The van der Waals surface area contributed by atoms with Crippen LogP contribution in [-0.4, -0.2) is 42.5 Å². The van der Waals surface area contributed by atoms with Gasteiger partial charge in [-0.3, -0.25) is 24.0 Å². The summed E-state index contributed by atoms with van der Waals surface area (Å²) in [4.78, 5) is 56.0. The SMILES string of the molecule is CCOC(=O)CC(=O)CC(=O)CC(=O)CC(=O)OCC. The predicted molar refractivity (Wildman–Crippen MR) is 66.8 cm³/mol. The number of ketones is 3. The number of ether oxygens (including phenoxy) is 2. The molecular weight excluding hydrogens is 268 g/mol. The molecule has 0 atom stereocenters. The molecule has 0 aliphatic heterocycles. The van der Waals surface area contributed by atoms with Gasteiger partial charge in [0.2, 0.25) is 0 Å². The summed E-state index contributed by atoms with van der Waals surface area (Å²) in [6.45, 7) is 3.50. The summed E-state index contributed by atoms with van der Waals surface area (Å²) >= 11 is 0. The highest BCUT2D eigenvalue weighted by Crippen LogP contribution is 2.01. The van der Waals surface area contributed by atoms with Gasteiger partial charge in [-0.05, 0) is 13.8 Å². The molecule has 0 unspecified atom stereocenters. The summed E-state index contributed by atoms with van der Waals surface area (Å²) < 4.78 is 9.11. The molecule has 0 heterocycles. The van der Waals surface area contributed by atoms with Crippen LogP contribution in [0.15, 0.2) is 0 Å². The molecule has 7 nitrogen and oxygen atoms in total. The van der Waals surface area contributed by atoms with Gasteiger partial charge >= 0.3 is 11.9 Å². The highest BCUT2D eigenvalue weighted by Gasteiger charge is 2.18. The van der Waals surface area contributed by atoms with E-state index in [1.807, 2.05) is 0 Å². The Balaban J connectivity index is 4.04. The van der Waals surface area contributed by atoms with Crippen molar-refractivity contribution in [1.82, 2.24) is 0 Å². The van der Waals surface area contributed by atoms with Crippen LogP contribution >= 0.6 is 0 Å². The highest BCUT2D eigenvalue weighted by atomic mass is 16.5. The number of hydrogen-bond acceptors (Lipinski definition) is 7. The lowest BCUT2D eigenvalue weighted by Crippen LogP contribution is -2.18. The van der Waals surface area contributed by atoms with E-state index in [-0.39, 0.29) is 13.2 Å². The third-order valence-corrected chi connectivity index (χ3v) is 2.08. The number of Topliss-reactive ketones (excluding diaryl/α,β-unsaturated/α-hetero) is 3. The lowest BCUT2D eigenvalue weighted by atomic mass is 10.1. The monoisotopic (exact) mass is 286 g/mol. The fourth-order valence-corrected chi connectivity index (χ4v) is 1.37. The second-order valence-corrected chi connectivity index (χ2v) is 3.93. The molecule has 0 aliphatic rings. The molecule has 112 valence electrons. The lowest BCUT2D eigenvalue weighted by Gasteiger charge is -2.02. The Kier molecular flexibility index (Phi) is 8.82. The van der Waals surface area contributed by atoms with Crippen molar-refractivity contribution in [3.63, 3.8) is 0 Å². The third kappa shape index (κ3) is 8.96. The van der Waals surface area contributed by atoms with Gasteiger partial charge < -0.3 is 9.47 Å². The van der Waals surface area contributed by atoms with E-state index >= 15 is 0 Å². The predicted octanol–water partition coefficient (Wildman–Crippen LogP) is 0.380. The minimum atomic E-state index is -0.705. The molecule has 0 spiro atoms. The van der Waals surface area contributed by atoms with Gasteiger partial charge in [0, 0.05) is 0 Å². The van der Waals surface area contributed by atoms with Crippen LogP contribution in [0.5, 0.6) is 0 Å². The molecule has 0 saturated heterocycles. The summed E-state index contributed by atoms with van der Waals surface area (Å²) in [6.07, 6.45) is -2.03. The number of esters is 2. The van der Waals surface area contributed by atoms with Gasteiger partial charge in [-0.2, -0.15) is 0 Å². The van der Waals surface area contributed by atoms with Crippen molar-refractivity contribution in [2.75, 3.05) is 13.2 Å². The van der Waals surface area contributed by atoms with E-state index in [1.54, 1.807) is 13.8 Å². The molecule has 0 aliphatic carbocycles. The van der Waals surface area contributed by atoms with Gasteiger partial charge in [-0.25, -0.2) is 0 Å². The zero-order valence-electron chi connectivity index (χ0n) is 11.6. The largest absolute Gasteiger partial charge is 0.466 e. The van der Waals surface area contributed by atoms with Gasteiger partial charge in [0.1, 0.15) is 18.6 Å². The summed E-state index contributed by atoms with van der Waals surface area (Å²) in [5.41, 5.74) is 0. The molecule has 0 aromatic rings. The van der Waals surface area contributed by atoms with Gasteiger partial charge in [-0.15, -0.1) is 0 Å². The Bertz CT molecular complexity index is 362. The van der Waals surface area contributed by atoms with Crippen LogP contribution < -0.4 is 0 Å². The maximum atomic E-state index is 11.4. The van der Waals surface area contributed by atoms with Crippen LogP contribution in [0, 0.1) is 0 Å². The molecule has 0 radical (unpaired) electrons. The quantitative estimate of drug-likeness (QED) is 0.422. The Morgan fingerprint density at radius 2 is 0.900 bits per heavy atom. The normalized spacial score (nSPS) is 9.70. The average molecular weight is 286 g/mol. The van der Waals surface area contributed by atoms with Crippen molar-refractivity contribution >= 4 is 29.3 Å². The van der Waals surface area contributed by atoms with Crippen molar-refractivity contribution < 1.29 is 33.4 Å². The van der Waals surface area contributed by atoms with Crippen molar-refractivity contribution in [3.8, 4) is 0 Å². The Hall–Kier alpha value is -2.05. The van der Waals surface area contributed by atoms with Crippen molar-refractivity contribution in [3.05, 3.63) is 0 Å². The van der Waals surface area contributed by atoms with E-state index in [2.05, 4.69) is 9.47 Å². The number of carbonyl (C=O) groups is 5. The third-order valence-electron chi connectivity index (χ3n) is 2.08. The van der Waals surface area contributed by atoms with E-state index in [1.165, 1.54) is 0 Å². The number of rotatable bonds is 10. The van der Waals surface area contributed by atoms with Crippen LogP contribution in [0.1, 0.15) is 39.5 Å². The van der Waals surface area contributed by atoms with E-state index in [9.17, 15) is 24.0 Å². The topological polar surface area (TPSA) is 104 Å². The second-order valence-electron chi connectivity index (χ2n) is 3.93. The zero-order valence-corrected chi connectivity index (χ0v) is 11.6. The van der Waals surface area contributed by atoms with Crippen LogP contribution in [0.2, 0.25) is 0 Å². The fraction of sp³-hybridized carbons (Fsp3) is 0.615. The van der Waals surface area contributed by atoms with Gasteiger partial charge in [0.25, 0.3) is 0 Å². The maximum absolute atomic E-state index is 11.4. The summed E-state index contributed by atoms with van der Waals surface area (Å²) in [6, 6.07) is 0. The lowest BCUT2D eigenvalue weighted by molar-refractivity contribution is -0.146. The molecule has 7 heteroatoms. The molecule has 0 fully saturated rings. The maximum Gasteiger partial charge on any atom is 0.313 e. The second kappa shape index (κ2) is 9.82. The molecular formula is C13H18O7. The molecule has 0 aromatic carbocycles. The van der Waals surface area contributed by atoms with Crippen LogP contribution in [0.25, 0.3) is 0 Å². The Labute approximate surface area is 116 Å². The van der Waals surface area contributed by atoms with Crippen molar-refractivity contribution in [2.24, 2.45) is 0 Å². The molecule has 20 heavy (non-hydrogen) atoms. The van der Waals surface area contributed by atoms with Gasteiger partial charge in [-0.1, -0.05) is 0 Å². The average Bonchev–Trinajstić information content (AvgIpc) is 2.27. The van der Waals surface area contributed by atoms with E-state index in [0.717, 1.165) is 0 Å². The molecule has 0 bridgehead atoms. The first kappa shape index (κ1) is 17.9. The fourth-order valence-electron chi connectivity index (χ4n) is 1.37. The highest BCUT2D eigenvalue weighted by molar-refractivity contribution is 6.12. The minimum absolute atomic E-state index is 0.151. The van der Waals surface area contributed by atoms with Crippen LogP contribution in [0.4, 0.5) is 0 Å². The number of carbonyl (C=O) groups excluding carboxylic acids is 5. The minimum Gasteiger partial charge on any atom is -0.466 e. The zero-order chi connectivity index (χ0) is 15.5. The van der Waals surface area contributed by atoms with Gasteiger partial charge in [0.05, 0.1) is 26.1 Å². The standard InChI is InChI=1S/C13H18O7/c1-3-19-12(17)7-10(15)5-9(14)6-11(16)8-13(18)20-4-2/h3-8H2,1-2H3. The first-order chi connectivity index (χ1) is 9.38. The summed E-state index contributed by atoms with van der Waals surface area (Å²) in [5.74, 6) is -3.27. The smallest absolute Gasteiger partial charge is 0.313 e. The van der Waals surface area contributed by atoms with Crippen LogP contribution in [-0.2, 0) is 33.4 Å². The molecule has 0 rings (SSSR count). The van der Waals surface area contributed by atoms with E-state index < -0.39 is 55.0 Å². The summed E-state index contributed by atoms with van der Waals surface area (Å²) in [7, 11) is 0. The van der Waals surface area contributed by atoms with Gasteiger partial charge in [0.15, 0.2) is 11.6 Å². The number of hydrogen-bond donors (Lipinski definition) is 0. The first-order valence-electron chi connectivity index (χ1n) is 6.25. The molecule has 0 saturated carbocycles. The summed E-state index contributed by atoms with van der Waals surface area (Å²) in [5, 5.41) is 0. The molecule has 0 N–H and O–H groups in total. The van der Waals surface area contributed by atoms with Crippen LogP contribution in [0.3, 0.4) is 0 Å². The first-order valence-corrected chi connectivity index (χ1v) is 6.25. The van der Waals surface area contributed by atoms with E-state index in [4.69, 9.17) is 0 Å². The Morgan fingerprint density at radius 1 is 0.600 bits per heavy atom. The van der Waals surface area contributed by atoms with Crippen molar-refractivity contribution in [2.45, 2.75) is 39.5 Å². The van der Waals surface area contributed by atoms with E-state index in [0.29, 0.717) is 0 Å². The van der Waals surface area contributed by atoms with Crippen molar-refractivity contribution in [1.29, 1.82) is 0 Å². The Morgan fingerprint density at radius 3 is 1.20 bits per heavy atom. The molecule has 0 amide bonds. The molecule has 0 aromatic heterocycles.